The highest BCUT2D eigenvalue weighted by Crippen LogP contribution is 2.34. The fraction of sp³-hybridized carbons (Fsp3) is 0.700. The van der Waals surface area contributed by atoms with Crippen molar-refractivity contribution in [1.82, 2.24) is 14.8 Å². The van der Waals surface area contributed by atoms with E-state index < -0.39 is 5.97 Å². The number of aliphatic carboxylic acids is 1. The number of thioether (sulfide) groups is 1. The molecule has 0 bridgehead atoms. The largest absolute Gasteiger partial charge is 0.481 e. The summed E-state index contributed by atoms with van der Waals surface area (Å²) < 4.78 is 1.79. The summed E-state index contributed by atoms with van der Waals surface area (Å²) in [6.45, 7) is 8.28. The predicted octanol–water partition coefficient (Wildman–Crippen LogP) is 1.64. The molecule has 0 saturated heterocycles. The van der Waals surface area contributed by atoms with Crippen molar-refractivity contribution in [2.45, 2.75) is 38.9 Å². The quantitative estimate of drug-likeness (QED) is 0.797. The van der Waals surface area contributed by atoms with Crippen LogP contribution in [-0.2, 0) is 4.79 Å². The van der Waals surface area contributed by atoms with Crippen LogP contribution in [0.3, 0.4) is 0 Å². The average Bonchev–Trinajstić information content (AvgIpc) is 2.54. The summed E-state index contributed by atoms with van der Waals surface area (Å²) in [5, 5.41) is 16.9. The lowest BCUT2D eigenvalue weighted by molar-refractivity contribution is -0.133. The minimum absolute atomic E-state index is 0.00493. The fourth-order valence-corrected chi connectivity index (χ4v) is 2.01. The lowest BCUT2D eigenvalue weighted by atomic mass is 9.88. The first-order chi connectivity index (χ1) is 7.73. The summed E-state index contributed by atoms with van der Waals surface area (Å²) in [6, 6.07) is 0.0915. The summed E-state index contributed by atoms with van der Waals surface area (Å²) in [4.78, 5) is 10.5. The zero-order valence-corrected chi connectivity index (χ0v) is 11.3. The molecule has 1 atom stereocenters. The maximum absolute atomic E-state index is 10.5. The van der Waals surface area contributed by atoms with Crippen LogP contribution in [0.25, 0.3) is 0 Å². The molecule has 1 rings (SSSR count). The average molecular weight is 258 g/mol. The van der Waals surface area contributed by atoms with Crippen LogP contribution in [0.1, 0.15) is 33.7 Å². The van der Waals surface area contributed by atoms with E-state index in [1.165, 1.54) is 0 Å². The molecule has 0 spiro atoms. The van der Waals surface area contributed by atoms with Crippen molar-refractivity contribution in [1.29, 1.82) is 0 Å². The second-order valence-corrected chi connectivity index (χ2v) is 5.88. The molecule has 0 amide bonds. The van der Waals surface area contributed by atoms with Gasteiger partial charge in [0.2, 0.25) is 5.95 Å². The van der Waals surface area contributed by atoms with Crippen molar-refractivity contribution in [3.63, 3.8) is 0 Å². The molecule has 3 N–H and O–H groups in total. The highest BCUT2D eigenvalue weighted by molar-refractivity contribution is 7.99. The number of carboxylic acids is 1. The summed E-state index contributed by atoms with van der Waals surface area (Å²) in [6.07, 6.45) is 0. The highest BCUT2D eigenvalue weighted by atomic mass is 32.2. The van der Waals surface area contributed by atoms with Crippen LogP contribution >= 0.6 is 11.8 Å². The number of aromatic nitrogens is 3. The van der Waals surface area contributed by atoms with E-state index in [9.17, 15) is 4.79 Å². The number of hydrogen-bond acceptors (Lipinski definition) is 5. The van der Waals surface area contributed by atoms with Gasteiger partial charge in [-0.05, 0) is 12.3 Å². The van der Waals surface area contributed by atoms with E-state index >= 15 is 0 Å². The Morgan fingerprint density at radius 3 is 2.59 bits per heavy atom. The van der Waals surface area contributed by atoms with Crippen molar-refractivity contribution >= 4 is 23.7 Å². The second-order valence-electron chi connectivity index (χ2n) is 4.94. The first-order valence-electron chi connectivity index (χ1n) is 5.28. The van der Waals surface area contributed by atoms with E-state index in [0.29, 0.717) is 11.1 Å². The molecule has 6 nitrogen and oxygen atoms in total. The number of rotatable bonds is 4. The van der Waals surface area contributed by atoms with Crippen LogP contribution in [0.15, 0.2) is 5.16 Å². The van der Waals surface area contributed by atoms with Crippen LogP contribution in [0.5, 0.6) is 0 Å². The van der Waals surface area contributed by atoms with Gasteiger partial charge in [0.25, 0.3) is 0 Å². The van der Waals surface area contributed by atoms with Gasteiger partial charge in [0.1, 0.15) is 0 Å². The molecule has 0 aliphatic heterocycles. The molecule has 0 aliphatic carbocycles. The third kappa shape index (κ3) is 3.36. The SMILES string of the molecule is CC(n1c(N)nnc1SCC(=O)O)C(C)(C)C. The number of anilines is 1. The van der Waals surface area contributed by atoms with Crippen molar-refractivity contribution in [2.24, 2.45) is 5.41 Å². The number of nitrogens with zero attached hydrogens (tertiary/aromatic N) is 3. The molecule has 96 valence electrons. The molecule has 0 aromatic carbocycles. The van der Waals surface area contributed by atoms with Gasteiger partial charge in [0.15, 0.2) is 5.16 Å². The molecule has 1 heterocycles. The summed E-state index contributed by atoms with van der Waals surface area (Å²) in [7, 11) is 0. The van der Waals surface area contributed by atoms with Crippen LogP contribution in [0.4, 0.5) is 5.95 Å². The third-order valence-electron chi connectivity index (χ3n) is 2.66. The predicted molar refractivity (Wildman–Crippen MR) is 67.0 cm³/mol. The standard InChI is InChI=1S/C10H18N4O2S/c1-6(10(2,3)4)14-8(11)12-13-9(14)17-5-7(15)16/h6H,5H2,1-4H3,(H2,11,12)(H,15,16). The van der Waals surface area contributed by atoms with E-state index in [1.807, 2.05) is 6.92 Å². The van der Waals surface area contributed by atoms with E-state index in [0.717, 1.165) is 11.8 Å². The molecule has 0 saturated carbocycles. The maximum Gasteiger partial charge on any atom is 0.313 e. The first-order valence-corrected chi connectivity index (χ1v) is 6.27. The normalized spacial score (nSPS) is 13.6. The summed E-state index contributed by atoms with van der Waals surface area (Å²) in [5.74, 6) is -0.610. The molecule has 17 heavy (non-hydrogen) atoms. The van der Waals surface area contributed by atoms with Crippen LogP contribution in [-0.4, -0.2) is 31.6 Å². The van der Waals surface area contributed by atoms with Gasteiger partial charge >= 0.3 is 5.97 Å². The Morgan fingerprint density at radius 2 is 2.12 bits per heavy atom. The van der Waals surface area contributed by atoms with Gasteiger partial charge in [-0.2, -0.15) is 0 Å². The van der Waals surface area contributed by atoms with Gasteiger partial charge in [-0.1, -0.05) is 32.5 Å². The number of nitrogens with two attached hydrogens (primary N) is 1. The third-order valence-corrected chi connectivity index (χ3v) is 3.58. The zero-order chi connectivity index (χ0) is 13.2. The second kappa shape index (κ2) is 4.95. The molecule has 0 aliphatic rings. The molecular weight excluding hydrogens is 240 g/mol. The Morgan fingerprint density at radius 1 is 1.53 bits per heavy atom. The smallest absolute Gasteiger partial charge is 0.313 e. The van der Waals surface area contributed by atoms with Gasteiger partial charge in [-0.25, -0.2) is 0 Å². The topological polar surface area (TPSA) is 94.0 Å². The van der Waals surface area contributed by atoms with Gasteiger partial charge in [-0.15, -0.1) is 10.2 Å². The maximum atomic E-state index is 10.5. The lowest BCUT2D eigenvalue weighted by Crippen LogP contribution is -2.23. The highest BCUT2D eigenvalue weighted by Gasteiger charge is 2.26. The Balaban J connectivity index is 2.98. The molecule has 1 aromatic heterocycles. The van der Waals surface area contributed by atoms with E-state index in [4.69, 9.17) is 10.8 Å². The van der Waals surface area contributed by atoms with E-state index in [1.54, 1.807) is 4.57 Å². The van der Waals surface area contributed by atoms with Crippen LogP contribution < -0.4 is 5.73 Å². The Hall–Kier alpha value is -1.24. The zero-order valence-electron chi connectivity index (χ0n) is 10.5. The Kier molecular flexibility index (Phi) is 4.03. The number of hydrogen-bond donors (Lipinski definition) is 2. The van der Waals surface area contributed by atoms with Gasteiger partial charge in [0, 0.05) is 6.04 Å². The van der Waals surface area contributed by atoms with Gasteiger partial charge in [-0.3, -0.25) is 9.36 Å². The van der Waals surface area contributed by atoms with Crippen LogP contribution in [0.2, 0.25) is 0 Å². The minimum Gasteiger partial charge on any atom is -0.481 e. The summed E-state index contributed by atoms with van der Waals surface area (Å²) in [5.41, 5.74) is 5.77. The number of carboxylic acid groups (broad SMARTS) is 1. The summed E-state index contributed by atoms with van der Waals surface area (Å²) >= 11 is 1.13. The molecule has 1 unspecified atom stereocenters. The molecular formula is C10H18N4O2S. The molecule has 7 heteroatoms. The lowest BCUT2D eigenvalue weighted by Gasteiger charge is -2.29. The molecule has 1 aromatic rings. The number of carbonyl (C=O) groups is 1. The number of nitrogen functional groups attached to an aromatic ring is 1. The van der Waals surface area contributed by atoms with E-state index in [-0.39, 0.29) is 17.2 Å². The Labute approximate surface area is 105 Å². The monoisotopic (exact) mass is 258 g/mol. The van der Waals surface area contributed by atoms with Crippen molar-refractivity contribution in [3.8, 4) is 0 Å². The fourth-order valence-electron chi connectivity index (χ4n) is 1.26. The molecule has 0 fully saturated rings. The van der Waals surface area contributed by atoms with E-state index in [2.05, 4.69) is 31.0 Å². The van der Waals surface area contributed by atoms with Gasteiger partial charge in [0.05, 0.1) is 5.75 Å². The minimum atomic E-state index is -0.883. The van der Waals surface area contributed by atoms with Crippen molar-refractivity contribution < 1.29 is 9.90 Å². The van der Waals surface area contributed by atoms with Crippen molar-refractivity contribution in [3.05, 3.63) is 0 Å². The van der Waals surface area contributed by atoms with Gasteiger partial charge < -0.3 is 10.8 Å². The van der Waals surface area contributed by atoms with Crippen LogP contribution in [0, 0.1) is 5.41 Å². The Bertz CT molecular complexity index is 411. The first kappa shape index (κ1) is 13.8. The molecule has 0 radical (unpaired) electrons. The van der Waals surface area contributed by atoms with Crippen molar-refractivity contribution in [2.75, 3.05) is 11.5 Å².